The van der Waals surface area contributed by atoms with Gasteiger partial charge >= 0.3 is 0 Å². The number of benzene rings is 2. The van der Waals surface area contributed by atoms with E-state index in [2.05, 4.69) is 50.2 Å². The summed E-state index contributed by atoms with van der Waals surface area (Å²) in [5.74, 6) is 1.52. The van der Waals surface area contributed by atoms with Crippen molar-refractivity contribution in [1.82, 2.24) is 0 Å². The minimum Gasteiger partial charge on any atom is -0.0616 e. The van der Waals surface area contributed by atoms with Gasteiger partial charge in [0.25, 0.3) is 0 Å². The highest BCUT2D eigenvalue weighted by atomic mass is 14.3. The predicted octanol–water partition coefficient (Wildman–Crippen LogP) is 4.14. The van der Waals surface area contributed by atoms with E-state index in [0.29, 0.717) is 0 Å². The molecule has 0 amide bonds. The van der Waals surface area contributed by atoms with E-state index in [1.165, 1.54) is 17.2 Å². The van der Waals surface area contributed by atoms with E-state index in [9.17, 15) is 0 Å². The maximum absolute atomic E-state index is 2.36. The minimum absolute atomic E-state index is 0.726. The number of fused-ring (bicyclic) bond motifs is 3. The van der Waals surface area contributed by atoms with E-state index in [-0.39, 0.29) is 0 Å². The van der Waals surface area contributed by atoms with Crippen molar-refractivity contribution in [2.45, 2.75) is 26.2 Å². The minimum atomic E-state index is 0.726. The highest BCUT2D eigenvalue weighted by Crippen LogP contribution is 2.40. The van der Waals surface area contributed by atoms with Crippen molar-refractivity contribution in [1.29, 1.82) is 0 Å². The summed E-state index contributed by atoms with van der Waals surface area (Å²) in [5, 5.41) is 2.85. The van der Waals surface area contributed by atoms with Crippen LogP contribution in [0.15, 0.2) is 36.4 Å². The molecule has 76 valence electrons. The lowest BCUT2D eigenvalue weighted by atomic mass is 9.96. The Labute approximate surface area is 90.9 Å². The molecule has 0 bridgehead atoms. The van der Waals surface area contributed by atoms with E-state index < -0.39 is 0 Å². The summed E-state index contributed by atoms with van der Waals surface area (Å²) in [6.45, 7) is 4.71. The molecular weight excluding hydrogens is 180 g/mol. The van der Waals surface area contributed by atoms with E-state index in [1.807, 2.05) is 0 Å². The molecule has 0 saturated carbocycles. The van der Waals surface area contributed by atoms with Crippen LogP contribution >= 0.6 is 0 Å². The van der Waals surface area contributed by atoms with Gasteiger partial charge in [-0.1, -0.05) is 50.2 Å². The molecule has 0 aromatic heterocycles. The number of hydrogen-bond donors (Lipinski definition) is 0. The van der Waals surface area contributed by atoms with E-state index in [0.717, 1.165) is 11.8 Å². The second-order valence-electron chi connectivity index (χ2n) is 4.82. The zero-order valence-electron chi connectivity index (χ0n) is 9.33. The average molecular weight is 196 g/mol. The van der Waals surface area contributed by atoms with Gasteiger partial charge in [0.2, 0.25) is 0 Å². The Hall–Kier alpha value is -1.30. The Bertz CT molecular complexity index is 510. The van der Waals surface area contributed by atoms with Gasteiger partial charge < -0.3 is 0 Å². The van der Waals surface area contributed by atoms with Gasteiger partial charge in [0.1, 0.15) is 0 Å². The van der Waals surface area contributed by atoms with E-state index >= 15 is 0 Å². The van der Waals surface area contributed by atoms with Crippen LogP contribution in [0, 0.1) is 5.92 Å². The molecule has 1 aliphatic rings. The van der Waals surface area contributed by atoms with Crippen molar-refractivity contribution in [3.05, 3.63) is 47.5 Å². The van der Waals surface area contributed by atoms with Crippen LogP contribution in [0.1, 0.15) is 30.9 Å². The molecule has 0 saturated heterocycles. The molecule has 0 radical (unpaired) electrons. The third kappa shape index (κ3) is 1.21. The third-order valence-electron chi connectivity index (χ3n) is 3.95. The van der Waals surface area contributed by atoms with Gasteiger partial charge in [-0.3, -0.25) is 0 Å². The lowest BCUT2D eigenvalue weighted by Gasteiger charge is -2.09. The van der Waals surface area contributed by atoms with Crippen molar-refractivity contribution in [2.75, 3.05) is 0 Å². The zero-order chi connectivity index (χ0) is 10.4. The highest BCUT2D eigenvalue weighted by Gasteiger charge is 2.26. The standard InChI is InChI=1S/C15H16/c1-10-9-15-13(11(10)2)8-7-12-5-3-4-6-14(12)15/h3-8,10-11H,9H2,1-2H3. The molecular formula is C15H16. The van der Waals surface area contributed by atoms with Crippen LogP contribution in [-0.4, -0.2) is 0 Å². The smallest absolute Gasteiger partial charge is 0.0149 e. The van der Waals surface area contributed by atoms with Gasteiger partial charge in [0.15, 0.2) is 0 Å². The number of hydrogen-bond acceptors (Lipinski definition) is 0. The van der Waals surface area contributed by atoms with Crippen LogP contribution in [0.25, 0.3) is 10.8 Å². The van der Waals surface area contributed by atoms with E-state index in [4.69, 9.17) is 0 Å². The summed E-state index contributed by atoms with van der Waals surface area (Å²) < 4.78 is 0. The van der Waals surface area contributed by atoms with Crippen molar-refractivity contribution < 1.29 is 0 Å². The Morgan fingerprint density at radius 3 is 2.67 bits per heavy atom. The molecule has 0 heterocycles. The molecule has 0 spiro atoms. The summed E-state index contributed by atoms with van der Waals surface area (Å²) in [5.41, 5.74) is 3.16. The zero-order valence-corrected chi connectivity index (χ0v) is 9.33. The van der Waals surface area contributed by atoms with Crippen LogP contribution in [0.3, 0.4) is 0 Å². The Kier molecular flexibility index (Phi) is 1.85. The molecule has 0 aliphatic heterocycles. The second-order valence-corrected chi connectivity index (χ2v) is 4.82. The van der Waals surface area contributed by atoms with Crippen LogP contribution in [0.5, 0.6) is 0 Å². The molecule has 0 fully saturated rings. The Balaban J connectivity index is 2.33. The molecule has 2 aromatic rings. The lowest BCUT2D eigenvalue weighted by Crippen LogP contribution is -1.97. The maximum atomic E-state index is 2.36. The molecule has 15 heavy (non-hydrogen) atoms. The van der Waals surface area contributed by atoms with Gasteiger partial charge in [-0.2, -0.15) is 0 Å². The molecule has 0 nitrogen and oxygen atoms in total. The van der Waals surface area contributed by atoms with Crippen molar-refractivity contribution in [2.24, 2.45) is 5.92 Å². The lowest BCUT2D eigenvalue weighted by molar-refractivity contribution is 0.532. The molecule has 3 rings (SSSR count). The van der Waals surface area contributed by atoms with Crippen molar-refractivity contribution in [3.63, 3.8) is 0 Å². The molecule has 2 aromatic carbocycles. The molecule has 1 aliphatic carbocycles. The Morgan fingerprint density at radius 2 is 1.80 bits per heavy atom. The topological polar surface area (TPSA) is 0 Å². The average Bonchev–Trinajstić information content (AvgIpc) is 2.56. The fraction of sp³-hybridized carbons (Fsp3) is 0.333. The van der Waals surface area contributed by atoms with Crippen LogP contribution in [0.4, 0.5) is 0 Å². The molecule has 0 heteroatoms. The third-order valence-corrected chi connectivity index (χ3v) is 3.95. The second kappa shape index (κ2) is 3.10. The summed E-state index contributed by atoms with van der Waals surface area (Å²) in [6, 6.07) is 13.3. The first-order valence-electron chi connectivity index (χ1n) is 5.78. The van der Waals surface area contributed by atoms with Crippen LogP contribution < -0.4 is 0 Å². The van der Waals surface area contributed by atoms with Gasteiger partial charge in [0, 0.05) is 0 Å². The Morgan fingerprint density at radius 1 is 1.00 bits per heavy atom. The normalized spacial score (nSPS) is 24.4. The highest BCUT2D eigenvalue weighted by molar-refractivity contribution is 5.87. The fourth-order valence-electron chi connectivity index (χ4n) is 2.81. The monoisotopic (exact) mass is 196 g/mol. The van der Waals surface area contributed by atoms with Crippen molar-refractivity contribution in [3.8, 4) is 0 Å². The summed E-state index contributed by atoms with van der Waals surface area (Å²) in [4.78, 5) is 0. The van der Waals surface area contributed by atoms with Gasteiger partial charge in [-0.25, -0.2) is 0 Å². The molecule has 2 unspecified atom stereocenters. The van der Waals surface area contributed by atoms with E-state index in [1.54, 1.807) is 11.1 Å². The van der Waals surface area contributed by atoms with Gasteiger partial charge in [-0.05, 0) is 40.2 Å². The number of rotatable bonds is 0. The van der Waals surface area contributed by atoms with Gasteiger partial charge in [0.05, 0.1) is 0 Å². The van der Waals surface area contributed by atoms with Crippen LogP contribution in [-0.2, 0) is 6.42 Å². The predicted molar refractivity (Wildman–Crippen MR) is 65.2 cm³/mol. The largest absolute Gasteiger partial charge is 0.0616 e. The molecule has 0 N–H and O–H groups in total. The summed E-state index contributed by atoms with van der Waals surface area (Å²) in [6.07, 6.45) is 1.25. The van der Waals surface area contributed by atoms with Gasteiger partial charge in [-0.15, -0.1) is 0 Å². The van der Waals surface area contributed by atoms with Crippen LogP contribution in [0.2, 0.25) is 0 Å². The molecule has 2 atom stereocenters. The quantitative estimate of drug-likeness (QED) is 0.594. The first kappa shape index (κ1) is 8.96. The first-order valence-corrected chi connectivity index (χ1v) is 5.78. The summed E-state index contributed by atoms with van der Waals surface area (Å²) in [7, 11) is 0. The fourth-order valence-corrected chi connectivity index (χ4v) is 2.81. The first-order chi connectivity index (χ1) is 7.27. The SMILES string of the molecule is CC1Cc2c(ccc3ccccc23)C1C. The maximum Gasteiger partial charge on any atom is -0.0149 e. The van der Waals surface area contributed by atoms with Crippen molar-refractivity contribution >= 4 is 10.8 Å². The summed E-state index contributed by atoms with van der Waals surface area (Å²) >= 11 is 0.